The summed E-state index contributed by atoms with van der Waals surface area (Å²) < 4.78 is 109. The van der Waals surface area contributed by atoms with Crippen LogP contribution in [0.2, 0.25) is 30.8 Å². The third-order valence-electron chi connectivity index (χ3n) is 14.1. The number of aromatic nitrogens is 6. The summed E-state index contributed by atoms with van der Waals surface area (Å²) in [5.41, 5.74) is 6.63. The van der Waals surface area contributed by atoms with Crippen LogP contribution in [0.15, 0.2) is 213 Å². The van der Waals surface area contributed by atoms with E-state index in [9.17, 15) is 78.5 Å². The number of halogens is 7. The number of sulfone groups is 4. The maximum Gasteiger partial charge on any atom is 1.00 e. The molecular formula is C70H74Cl6FN14NaO16S5. The van der Waals surface area contributed by atoms with Crippen molar-refractivity contribution in [2.24, 2.45) is 0 Å². The number of nitrogens with zero attached hydrogens (tertiary/aromatic N) is 10. The van der Waals surface area contributed by atoms with Crippen LogP contribution in [0.1, 0.15) is 76.2 Å². The molecule has 0 unspecified atom stereocenters. The van der Waals surface area contributed by atoms with E-state index >= 15 is 0 Å². The number of anilines is 6. The normalized spacial score (nSPS) is 11.0. The van der Waals surface area contributed by atoms with Gasteiger partial charge in [-0.1, -0.05) is 145 Å². The van der Waals surface area contributed by atoms with Crippen LogP contribution < -0.4 is 51.2 Å². The third-order valence-corrected chi connectivity index (χ3v) is 25.6. The molecule has 30 nitrogen and oxygen atoms in total. The molecule has 600 valence electrons. The summed E-state index contributed by atoms with van der Waals surface area (Å²) in [5, 5.41) is 50.2. The first-order valence-electron chi connectivity index (χ1n) is 32.4. The summed E-state index contributed by atoms with van der Waals surface area (Å²) in [6.07, 6.45) is 4.07. The molecule has 0 amide bonds. The monoisotopic (exact) mass is 1780 g/mol. The Bertz CT molecular complexity index is 5440. The minimum absolute atomic E-state index is 0. The van der Waals surface area contributed by atoms with E-state index in [2.05, 4.69) is 45.9 Å². The number of benzene rings is 7. The van der Waals surface area contributed by atoms with E-state index in [1.165, 1.54) is 117 Å². The number of nitro benzene ring substituents is 4. The van der Waals surface area contributed by atoms with Crippen LogP contribution in [0, 0.1) is 46.3 Å². The van der Waals surface area contributed by atoms with Gasteiger partial charge in [0.2, 0.25) is 22.3 Å². The first kappa shape index (κ1) is 98.6. The molecule has 0 fully saturated rings. The molecule has 0 bridgehead atoms. The van der Waals surface area contributed by atoms with Gasteiger partial charge in [-0.3, -0.25) is 40.5 Å². The Balaban J connectivity index is 0.000000470. The Morgan fingerprint density at radius 2 is 0.841 bits per heavy atom. The topological polar surface area (TPSA) is 449 Å². The number of thioether (sulfide) groups is 1. The average Bonchev–Trinajstić information content (AvgIpc) is 0.808. The fourth-order valence-electron chi connectivity index (χ4n) is 8.32. The minimum atomic E-state index is -3.59. The summed E-state index contributed by atoms with van der Waals surface area (Å²) in [6.45, 7) is 17.0. The molecule has 0 aliphatic carbocycles. The van der Waals surface area contributed by atoms with Crippen molar-refractivity contribution in [1.29, 1.82) is 0 Å². The zero-order chi connectivity index (χ0) is 84.2. The molecule has 0 saturated heterocycles. The van der Waals surface area contributed by atoms with E-state index in [1.54, 1.807) is 120 Å². The maximum atomic E-state index is 12.7. The Kier molecular flexibility index (Phi) is 40.2. The second-order valence-corrected chi connectivity index (χ2v) is 37.5. The van der Waals surface area contributed by atoms with Crippen molar-refractivity contribution in [3.63, 3.8) is 0 Å². The van der Waals surface area contributed by atoms with Gasteiger partial charge in [0.1, 0.15) is 14.9 Å². The predicted octanol–water partition coefficient (Wildman–Crippen LogP) is 15.9. The molecule has 0 saturated carbocycles. The van der Waals surface area contributed by atoms with Gasteiger partial charge in [-0.05, 0) is 139 Å². The quantitative estimate of drug-likeness (QED) is 0.00987. The standard InChI is InChI=1S/C20H20ClN5O4S.C13H13Cl2N3O2S.C9H11NO4S.C9H13NO2S.C9H11NO2S.C6H4FNO2.C4HCl3N2.Na.H/c1-13(2)31(29,30)18-9-4-3-8-17(18)24-19-16(21)12-23-20(25-19)22-11-14-6-5-7-15(10-14)26(27)28;1-8(2)21(19,20)11-6-4-3-5-10(11)17-12-9(14)7-16-13(15)18-12;1-7(2)15(13,14)9-6-4-3-5-8(9)10(11)12;1-7(2)13(11,12)9-6-4-3-5-8(9)10;1-7(2)13-9-6-4-3-5-8(9)10(11)12;7-5-3-1-2-4-6(5)8(9)10;5-2-1-8-4(7)9-3(2)6;;/h3-10,12-13H,11H2,1-2H3,(H2,22,23,24,25);3-8H,1-2H3,(H,16,17,18);3-7H,1-2H3;3-7H,10H2,1-2H3;3-7H,1-2H3;1-4H;1H;;/q;;;;;;;+1;-1. The van der Waals surface area contributed by atoms with E-state index in [4.69, 9.17) is 75.3 Å². The van der Waals surface area contributed by atoms with Gasteiger partial charge >= 0.3 is 35.2 Å². The van der Waals surface area contributed by atoms with Gasteiger partial charge in [0.15, 0.2) is 56.1 Å². The number of nitrogens with two attached hydrogens (primary N) is 1. The molecule has 113 heavy (non-hydrogen) atoms. The van der Waals surface area contributed by atoms with Crippen molar-refractivity contribution in [3.8, 4) is 0 Å². The molecule has 43 heteroatoms. The van der Waals surface area contributed by atoms with Gasteiger partial charge in [0.25, 0.3) is 17.1 Å². The Labute approximate surface area is 709 Å². The van der Waals surface area contributed by atoms with Crippen LogP contribution in [0.5, 0.6) is 0 Å². The molecular weight excluding hydrogens is 1710 g/mol. The van der Waals surface area contributed by atoms with Crippen molar-refractivity contribution in [2.45, 2.75) is 127 Å². The SMILES string of the molecule is CC(C)S(=O)(=O)c1ccccc1N.CC(C)S(=O)(=O)c1ccccc1Nc1nc(Cl)ncc1Cl.CC(C)S(=O)(=O)c1ccccc1Nc1nc(NCc2cccc([N+](=O)[O-])c2)ncc1Cl.CC(C)S(=O)(=O)c1ccccc1[N+](=O)[O-].CC(C)Sc1ccccc1[N+](=O)[O-].Clc1ncc(Cl)c(Cl)n1.O=[N+]([O-])c1ccccc1F.[H-].[Na+]. The Morgan fingerprint density at radius 1 is 0.451 bits per heavy atom. The van der Waals surface area contributed by atoms with Gasteiger partial charge in [-0.15, -0.1) is 11.8 Å². The number of nitro groups is 4. The second-order valence-electron chi connectivity index (χ2n) is 23.8. The molecule has 5 N–H and O–H groups in total. The smallest absolute Gasteiger partial charge is 1.00 e. The minimum Gasteiger partial charge on any atom is -1.00 e. The molecule has 3 heterocycles. The Morgan fingerprint density at radius 3 is 1.28 bits per heavy atom. The van der Waals surface area contributed by atoms with E-state index in [0.717, 1.165) is 17.0 Å². The van der Waals surface area contributed by atoms with Gasteiger partial charge in [0, 0.05) is 42.1 Å². The number of para-hydroxylation sites is 6. The molecule has 0 radical (unpaired) electrons. The van der Waals surface area contributed by atoms with Crippen molar-refractivity contribution < 1.29 is 88.7 Å². The molecule has 0 aliphatic rings. The molecule has 0 atom stereocenters. The fourth-order valence-corrected chi connectivity index (χ4v) is 14.8. The molecule has 3 aromatic heterocycles. The van der Waals surface area contributed by atoms with E-state index in [0.29, 0.717) is 32.9 Å². The van der Waals surface area contributed by atoms with E-state index in [1.807, 2.05) is 19.9 Å². The largest absolute Gasteiger partial charge is 1.00 e. The van der Waals surface area contributed by atoms with Gasteiger partial charge in [-0.25, -0.2) is 53.6 Å². The molecule has 10 aromatic rings. The van der Waals surface area contributed by atoms with Crippen LogP contribution in [-0.2, 0) is 45.9 Å². The zero-order valence-electron chi connectivity index (χ0n) is 62.8. The van der Waals surface area contributed by atoms with Crippen LogP contribution >= 0.6 is 81.4 Å². The number of rotatable bonds is 21. The van der Waals surface area contributed by atoms with E-state index in [-0.39, 0.29) is 122 Å². The number of hydrogen-bond donors (Lipinski definition) is 4. The van der Waals surface area contributed by atoms with Crippen molar-refractivity contribution in [3.05, 3.63) is 271 Å². The summed E-state index contributed by atoms with van der Waals surface area (Å²) in [6, 6.07) is 42.9. The Hall–Kier alpha value is -8.60. The van der Waals surface area contributed by atoms with Gasteiger partial charge < -0.3 is 23.1 Å². The summed E-state index contributed by atoms with van der Waals surface area (Å²) >= 11 is 35.7. The summed E-state index contributed by atoms with van der Waals surface area (Å²) in [7, 11) is -13.8. The molecule has 7 aromatic carbocycles. The molecule has 0 aliphatic heterocycles. The first-order chi connectivity index (χ1) is 52.4. The second kappa shape index (κ2) is 46.1. The molecule has 0 spiro atoms. The fraction of sp³-hybridized carbons (Fsp3) is 0.229. The average molecular weight is 1780 g/mol. The molecule has 10 rings (SSSR count). The van der Waals surface area contributed by atoms with Crippen LogP contribution in [0.3, 0.4) is 0 Å². The van der Waals surface area contributed by atoms with Crippen LogP contribution in [0.4, 0.5) is 61.8 Å². The van der Waals surface area contributed by atoms with Crippen LogP contribution in [0.25, 0.3) is 0 Å². The summed E-state index contributed by atoms with van der Waals surface area (Å²) in [5.74, 6) is -0.0946. The van der Waals surface area contributed by atoms with Crippen LogP contribution in [-0.4, -0.2) is 110 Å². The number of nitrogens with one attached hydrogen (secondary N) is 3. The summed E-state index contributed by atoms with van der Waals surface area (Å²) in [4.78, 5) is 64.2. The van der Waals surface area contributed by atoms with Gasteiger partial charge in [-0.2, -0.15) is 14.4 Å². The first-order valence-corrected chi connectivity index (χ1v) is 41.8. The number of hydrogen-bond acceptors (Lipinski definition) is 27. The van der Waals surface area contributed by atoms with Gasteiger partial charge in [0.05, 0.1) is 101 Å². The maximum absolute atomic E-state index is 12.7. The van der Waals surface area contributed by atoms with E-state index < -0.39 is 86.6 Å². The number of nitrogen functional groups attached to an aromatic ring is 1. The third kappa shape index (κ3) is 30.3. The van der Waals surface area contributed by atoms with Crippen molar-refractivity contribution >= 4 is 178 Å². The predicted molar refractivity (Wildman–Crippen MR) is 438 cm³/mol. The van der Waals surface area contributed by atoms with Crippen molar-refractivity contribution in [1.82, 2.24) is 29.9 Å². The van der Waals surface area contributed by atoms with Crippen molar-refractivity contribution in [2.75, 3.05) is 21.7 Å². The number of non-ortho nitro benzene ring substituents is 1. The zero-order valence-corrected chi connectivity index (χ0v) is 72.4.